The van der Waals surface area contributed by atoms with Crippen molar-refractivity contribution in [1.29, 1.82) is 0 Å². The minimum atomic E-state index is -0.908. The van der Waals surface area contributed by atoms with Crippen molar-refractivity contribution in [2.24, 2.45) is 0 Å². The first-order valence-electron chi connectivity index (χ1n) is 3.15. The van der Waals surface area contributed by atoms with Crippen LogP contribution < -0.4 is 0 Å². The Hall–Kier alpha value is -0.500. The third-order valence-electron chi connectivity index (χ3n) is 1.16. The van der Waals surface area contributed by atoms with Crippen molar-refractivity contribution < 1.29 is 9.90 Å². The summed E-state index contributed by atoms with van der Waals surface area (Å²) in [6.07, 6.45) is 2.21. The summed E-state index contributed by atoms with van der Waals surface area (Å²) in [5.74, 6) is -0.318. The Bertz CT molecular complexity index is 132. The Kier molecular flexibility index (Phi) is 5.03. The Morgan fingerprint density at radius 2 is 2.10 bits per heavy atom. The molecule has 0 saturated carbocycles. The molecule has 10 heavy (non-hydrogen) atoms. The molecular formula is C7H11ClO2. The van der Waals surface area contributed by atoms with Crippen LogP contribution in [0, 0.1) is 0 Å². The molecule has 0 aliphatic carbocycles. The smallest absolute Gasteiger partial charge is 0.330 e. The minimum Gasteiger partial charge on any atom is -0.478 e. The zero-order valence-electron chi connectivity index (χ0n) is 5.77. The van der Waals surface area contributed by atoms with Crippen molar-refractivity contribution in [2.75, 3.05) is 5.88 Å². The van der Waals surface area contributed by atoms with E-state index in [-0.39, 0.29) is 5.57 Å². The molecule has 0 unspecified atom stereocenters. The van der Waals surface area contributed by atoms with Gasteiger partial charge in [0.1, 0.15) is 0 Å². The standard InChI is InChI=1S/C7H11ClO2/c1-6(7(9)10)4-2-3-5-8/h1-5H2,(H,9,10). The maximum absolute atomic E-state index is 10.2. The van der Waals surface area contributed by atoms with Crippen LogP contribution in [0.1, 0.15) is 19.3 Å². The van der Waals surface area contributed by atoms with Crippen LogP contribution in [-0.2, 0) is 4.79 Å². The van der Waals surface area contributed by atoms with E-state index in [2.05, 4.69) is 6.58 Å². The molecule has 1 N–H and O–H groups in total. The van der Waals surface area contributed by atoms with E-state index in [9.17, 15) is 4.79 Å². The monoisotopic (exact) mass is 162 g/mol. The molecule has 58 valence electrons. The molecule has 0 aromatic rings. The predicted octanol–water partition coefficient (Wildman–Crippen LogP) is 2.04. The van der Waals surface area contributed by atoms with Crippen molar-refractivity contribution in [3.05, 3.63) is 12.2 Å². The van der Waals surface area contributed by atoms with Gasteiger partial charge in [-0.25, -0.2) is 4.79 Å². The number of hydrogen-bond acceptors (Lipinski definition) is 1. The highest BCUT2D eigenvalue weighted by Crippen LogP contribution is 2.05. The Labute approximate surface area is 65.5 Å². The minimum absolute atomic E-state index is 0.269. The Balaban J connectivity index is 3.31. The molecule has 3 heteroatoms. The number of carboxylic acids is 1. The summed E-state index contributed by atoms with van der Waals surface area (Å²) in [6.45, 7) is 3.38. The lowest BCUT2D eigenvalue weighted by Gasteiger charge is -1.96. The van der Waals surface area contributed by atoms with Gasteiger partial charge >= 0.3 is 5.97 Å². The van der Waals surface area contributed by atoms with Crippen molar-refractivity contribution in [1.82, 2.24) is 0 Å². The molecule has 0 amide bonds. The summed E-state index contributed by atoms with van der Waals surface area (Å²) < 4.78 is 0. The van der Waals surface area contributed by atoms with Gasteiger partial charge in [-0.05, 0) is 19.3 Å². The molecule has 2 nitrogen and oxygen atoms in total. The lowest BCUT2D eigenvalue weighted by molar-refractivity contribution is -0.132. The van der Waals surface area contributed by atoms with Gasteiger partial charge in [-0.1, -0.05) is 6.58 Å². The molecule has 0 fully saturated rings. The topological polar surface area (TPSA) is 37.3 Å². The highest BCUT2D eigenvalue weighted by atomic mass is 35.5. The number of hydrogen-bond donors (Lipinski definition) is 1. The number of alkyl halides is 1. The molecular weight excluding hydrogens is 152 g/mol. The molecule has 0 aliphatic rings. The number of aliphatic carboxylic acids is 1. The van der Waals surface area contributed by atoms with Crippen LogP contribution in [-0.4, -0.2) is 17.0 Å². The summed E-state index contributed by atoms with van der Waals surface area (Å²) in [4.78, 5) is 10.2. The highest BCUT2D eigenvalue weighted by molar-refractivity contribution is 6.17. The van der Waals surface area contributed by atoms with Crippen molar-refractivity contribution >= 4 is 17.6 Å². The van der Waals surface area contributed by atoms with E-state index in [1.54, 1.807) is 0 Å². The fourth-order valence-electron chi connectivity index (χ4n) is 0.540. The summed E-state index contributed by atoms with van der Waals surface area (Å²) in [5, 5.41) is 8.35. The van der Waals surface area contributed by atoms with Gasteiger partial charge in [0.05, 0.1) is 0 Å². The summed E-state index contributed by atoms with van der Waals surface area (Å²) >= 11 is 5.39. The van der Waals surface area contributed by atoms with E-state index in [1.165, 1.54) is 0 Å². The van der Waals surface area contributed by atoms with Crippen LogP contribution >= 0.6 is 11.6 Å². The van der Waals surface area contributed by atoms with E-state index < -0.39 is 5.97 Å². The van der Waals surface area contributed by atoms with Crippen LogP contribution in [0.5, 0.6) is 0 Å². The average molecular weight is 163 g/mol. The molecule has 0 aromatic heterocycles. The highest BCUT2D eigenvalue weighted by Gasteiger charge is 2.01. The molecule has 0 atom stereocenters. The zero-order valence-corrected chi connectivity index (χ0v) is 6.52. The number of halogens is 1. The first-order chi connectivity index (χ1) is 4.68. The molecule has 0 bridgehead atoms. The van der Waals surface area contributed by atoms with Gasteiger partial charge in [-0.15, -0.1) is 11.6 Å². The second kappa shape index (κ2) is 5.30. The fourth-order valence-corrected chi connectivity index (χ4v) is 0.729. The summed E-state index contributed by atoms with van der Waals surface area (Å²) in [6, 6.07) is 0. The molecule has 0 heterocycles. The van der Waals surface area contributed by atoms with Crippen LogP contribution in [0.3, 0.4) is 0 Å². The van der Waals surface area contributed by atoms with E-state index in [0.717, 1.165) is 12.8 Å². The van der Waals surface area contributed by atoms with Gasteiger partial charge in [-0.3, -0.25) is 0 Å². The van der Waals surface area contributed by atoms with Crippen molar-refractivity contribution in [2.45, 2.75) is 19.3 Å². The molecule has 0 aromatic carbocycles. The maximum Gasteiger partial charge on any atom is 0.330 e. The van der Waals surface area contributed by atoms with Crippen LogP contribution in [0.15, 0.2) is 12.2 Å². The predicted molar refractivity (Wildman–Crippen MR) is 41.3 cm³/mol. The van der Waals surface area contributed by atoms with Crippen molar-refractivity contribution in [3.63, 3.8) is 0 Å². The van der Waals surface area contributed by atoms with E-state index >= 15 is 0 Å². The van der Waals surface area contributed by atoms with Gasteiger partial charge in [0.25, 0.3) is 0 Å². The SMILES string of the molecule is C=C(CCCCCl)C(=O)O. The van der Waals surface area contributed by atoms with E-state index in [1.807, 2.05) is 0 Å². The van der Waals surface area contributed by atoms with Gasteiger partial charge in [0.15, 0.2) is 0 Å². The van der Waals surface area contributed by atoms with Crippen molar-refractivity contribution in [3.8, 4) is 0 Å². The van der Waals surface area contributed by atoms with E-state index in [0.29, 0.717) is 12.3 Å². The Morgan fingerprint density at radius 1 is 1.50 bits per heavy atom. The largest absolute Gasteiger partial charge is 0.478 e. The third-order valence-corrected chi connectivity index (χ3v) is 1.43. The average Bonchev–Trinajstić information content (AvgIpc) is 1.88. The number of rotatable bonds is 5. The third kappa shape index (κ3) is 4.39. The van der Waals surface area contributed by atoms with Gasteiger partial charge in [0, 0.05) is 11.5 Å². The number of unbranched alkanes of at least 4 members (excludes halogenated alkanes) is 1. The second-order valence-corrected chi connectivity index (χ2v) is 2.43. The molecule has 0 spiro atoms. The van der Waals surface area contributed by atoms with Crippen LogP contribution in [0.4, 0.5) is 0 Å². The van der Waals surface area contributed by atoms with Gasteiger partial charge in [-0.2, -0.15) is 0 Å². The molecule has 0 rings (SSSR count). The quantitative estimate of drug-likeness (QED) is 0.382. The second-order valence-electron chi connectivity index (χ2n) is 2.05. The number of carboxylic acid groups (broad SMARTS) is 1. The fraction of sp³-hybridized carbons (Fsp3) is 0.571. The van der Waals surface area contributed by atoms with Gasteiger partial charge < -0.3 is 5.11 Å². The maximum atomic E-state index is 10.2. The van der Waals surface area contributed by atoms with Crippen LogP contribution in [0.25, 0.3) is 0 Å². The Morgan fingerprint density at radius 3 is 2.50 bits per heavy atom. The molecule has 0 saturated heterocycles. The number of carbonyl (C=O) groups is 1. The van der Waals surface area contributed by atoms with E-state index in [4.69, 9.17) is 16.7 Å². The summed E-state index contributed by atoms with van der Waals surface area (Å²) in [7, 11) is 0. The lowest BCUT2D eigenvalue weighted by Crippen LogP contribution is -1.98. The van der Waals surface area contributed by atoms with Crippen LogP contribution in [0.2, 0.25) is 0 Å². The zero-order chi connectivity index (χ0) is 7.98. The first kappa shape index (κ1) is 9.50. The molecule has 0 radical (unpaired) electrons. The lowest BCUT2D eigenvalue weighted by atomic mass is 10.1. The first-order valence-corrected chi connectivity index (χ1v) is 3.69. The molecule has 0 aliphatic heterocycles. The normalized spacial score (nSPS) is 9.30. The van der Waals surface area contributed by atoms with Gasteiger partial charge in [0.2, 0.25) is 0 Å². The summed E-state index contributed by atoms with van der Waals surface area (Å²) in [5.41, 5.74) is 0.269.